The topological polar surface area (TPSA) is 108 Å². The highest BCUT2D eigenvalue weighted by Crippen LogP contribution is 2.10. The van der Waals surface area contributed by atoms with E-state index in [0.717, 1.165) is 4.90 Å². The molecular weight excluding hydrogens is 280 g/mol. The number of carbonyl (C=O) groups is 4. The van der Waals surface area contributed by atoms with E-state index in [-0.39, 0.29) is 51.0 Å². The Morgan fingerprint density at radius 3 is 2.52 bits per heavy atom. The van der Waals surface area contributed by atoms with E-state index in [9.17, 15) is 19.2 Å². The van der Waals surface area contributed by atoms with Gasteiger partial charge in [-0.25, -0.2) is 14.5 Å². The van der Waals surface area contributed by atoms with Crippen molar-refractivity contribution < 1.29 is 23.9 Å². The highest BCUT2D eigenvalue weighted by Gasteiger charge is 2.28. The van der Waals surface area contributed by atoms with Crippen molar-refractivity contribution in [2.45, 2.75) is 12.8 Å². The average molecular weight is 298 g/mol. The molecule has 0 aromatic rings. The summed E-state index contributed by atoms with van der Waals surface area (Å²) in [5.41, 5.74) is 0. The average Bonchev–Trinajstić information content (AvgIpc) is 3.01. The van der Waals surface area contributed by atoms with Crippen LogP contribution in [0, 0.1) is 0 Å². The van der Waals surface area contributed by atoms with Gasteiger partial charge in [-0.2, -0.15) is 0 Å². The summed E-state index contributed by atoms with van der Waals surface area (Å²) in [4.78, 5) is 47.7. The molecule has 9 nitrogen and oxygen atoms in total. The highest BCUT2D eigenvalue weighted by atomic mass is 16.5. The Labute approximate surface area is 121 Å². The van der Waals surface area contributed by atoms with Crippen LogP contribution in [0.3, 0.4) is 0 Å². The number of hydrogen-bond acceptors (Lipinski definition) is 5. The molecule has 2 N–H and O–H groups in total. The van der Waals surface area contributed by atoms with Gasteiger partial charge in [-0.05, 0) is 0 Å². The number of nitrogens with one attached hydrogen (secondary N) is 2. The first-order chi connectivity index (χ1) is 10.1. The van der Waals surface area contributed by atoms with E-state index in [4.69, 9.17) is 4.74 Å². The second-order valence-electron chi connectivity index (χ2n) is 4.67. The lowest BCUT2D eigenvalue weighted by Gasteiger charge is -2.15. The molecule has 2 fully saturated rings. The lowest BCUT2D eigenvalue weighted by molar-refractivity contribution is -0.139. The SMILES string of the molecule is O=C1CCC(=O)N1CCOCCNC(=O)N1CCNC1=O. The van der Waals surface area contributed by atoms with Gasteiger partial charge in [0.05, 0.1) is 19.8 Å². The summed E-state index contributed by atoms with van der Waals surface area (Å²) >= 11 is 0. The van der Waals surface area contributed by atoms with Crippen LogP contribution in [-0.4, -0.2) is 73.1 Å². The van der Waals surface area contributed by atoms with Crippen LogP contribution in [0.2, 0.25) is 0 Å². The van der Waals surface area contributed by atoms with Crippen LogP contribution in [0.4, 0.5) is 9.59 Å². The van der Waals surface area contributed by atoms with Crippen LogP contribution in [0.5, 0.6) is 0 Å². The molecular formula is C12H18N4O5. The third-order valence-corrected chi connectivity index (χ3v) is 3.24. The van der Waals surface area contributed by atoms with Gasteiger partial charge in [0.2, 0.25) is 11.8 Å². The molecule has 0 aromatic carbocycles. The number of ether oxygens (including phenoxy) is 1. The van der Waals surface area contributed by atoms with Crippen molar-refractivity contribution in [2.24, 2.45) is 0 Å². The smallest absolute Gasteiger partial charge is 0.325 e. The lowest BCUT2D eigenvalue weighted by Crippen LogP contribution is -2.43. The van der Waals surface area contributed by atoms with Crippen molar-refractivity contribution in [3.63, 3.8) is 0 Å². The Kier molecular flexibility index (Phi) is 5.09. The largest absolute Gasteiger partial charge is 0.378 e. The molecule has 0 radical (unpaired) electrons. The molecule has 116 valence electrons. The van der Waals surface area contributed by atoms with Crippen LogP contribution in [0.15, 0.2) is 0 Å². The van der Waals surface area contributed by atoms with Crippen LogP contribution in [0.25, 0.3) is 0 Å². The quantitative estimate of drug-likeness (QED) is 0.477. The van der Waals surface area contributed by atoms with Gasteiger partial charge in [-0.15, -0.1) is 0 Å². The molecule has 0 aliphatic carbocycles. The van der Waals surface area contributed by atoms with Gasteiger partial charge in [0.15, 0.2) is 0 Å². The summed E-state index contributed by atoms with van der Waals surface area (Å²) in [6.45, 7) is 1.78. The Morgan fingerprint density at radius 1 is 1.19 bits per heavy atom. The number of urea groups is 2. The molecule has 21 heavy (non-hydrogen) atoms. The summed E-state index contributed by atoms with van der Waals surface area (Å²) in [5.74, 6) is -0.339. The summed E-state index contributed by atoms with van der Waals surface area (Å²) < 4.78 is 5.25. The molecule has 6 amide bonds. The van der Waals surface area contributed by atoms with Gasteiger partial charge in [0, 0.05) is 32.5 Å². The maximum Gasteiger partial charge on any atom is 0.325 e. The third-order valence-electron chi connectivity index (χ3n) is 3.24. The predicted octanol–water partition coefficient (Wildman–Crippen LogP) is -1.11. The molecule has 2 rings (SSSR count). The summed E-state index contributed by atoms with van der Waals surface area (Å²) in [7, 11) is 0. The second kappa shape index (κ2) is 7.02. The van der Waals surface area contributed by atoms with Gasteiger partial charge < -0.3 is 15.4 Å². The van der Waals surface area contributed by atoms with Crippen molar-refractivity contribution in [1.29, 1.82) is 0 Å². The van der Waals surface area contributed by atoms with Crippen molar-refractivity contribution >= 4 is 23.9 Å². The molecule has 2 aliphatic heterocycles. The minimum absolute atomic E-state index is 0.169. The Bertz CT molecular complexity index is 437. The van der Waals surface area contributed by atoms with E-state index < -0.39 is 12.1 Å². The fraction of sp³-hybridized carbons (Fsp3) is 0.667. The molecule has 0 saturated carbocycles. The number of amides is 6. The molecule has 2 saturated heterocycles. The van der Waals surface area contributed by atoms with Crippen LogP contribution >= 0.6 is 0 Å². The number of likely N-dealkylation sites (tertiary alicyclic amines) is 1. The van der Waals surface area contributed by atoms with Crippen molar-refractivity contribution in [3.05, 3.63) is 0 Å². The van der Waals surface area contributed by atoms with Crippen molar-refractivity contribution in [3.8, 4) is 0 Å². The first-order valence-electron chi connectivity index (χ1n) is 6.83. The van der Waals surface area contributed by atoms with Crippen LogP contribution in [0.1, 0.15) is 12.8 Å². The zero-order valence-electron chi connectivity index (χ0n) is 11.6. The summed E-state index contributed by atoms with van der Waals surface area (Å²) in [6.07, 6.45) is 0.541. The minimum Gasteiger partial charge on any atom is -0.378 e. The van der Waals surface area contributed by atoms with E-state index in [1.165, 1.54) is 4.90 Å². The highest BCUT2D eigenvalue weighted by molar-refractivity contribution is 6.01. The van der Waals surface area contributed by atoms with Gasteiger partial charge in [-0.1, -0.05) is 0 Å². The number of nitrogens with zero attached hydrogens (tertiary/aromatic N) is 2. The first kappa shape index (κ1) is 15.2. The second-order valence-corrected chi connectivity index (χ2v) is 4.67. The van der Waals surface area contributed by atoms with Gasteiger partial charge in [0.1, 0.15) is 0 Å². The molecule has 0 spiro atoms. The standard InChI is InChI=1S/C12H18N4O5/c17-9-1-2-10(18)15(9)6-8-21-7-4-14-12(20)16-5-3-13-11(16)19/h1-8H2,(H,13,19)(H,14,20). The number of hydrogen-bond donors (Lipinski definition) is 2. The van der Waals surface area contributed by atoms with E-state index in [2.05, 4.69) is 10.6 Å². The minimum atomic E-state index is -0.460. The van der Waals surface area contributed by atoms with E-state index >= 15 is 0 Å². The van der Waals surface area contributed by atoms with E-state index in [1.807, 2.05) is 0 Å². The van der Waals surface area contributed by atoms with Gasteiger partial charge in [-0.3, -0.25) is 14.5 Å². The fourth-order valence-corrected chi connectivity index (χ4v) is 2.12. The molecule has 2 aliphatic rings. The molecule has 9 heteroatoms. The summed E-state index contributed by atoms with van der Waals surface area (Å²) in [6, 6.07) is -0.863. The van der Waals surface area contributed by atoms with Crippen molar-refractivity contribution in [2.75, 3.05) is 39.4 Å². The normalized spacial score (nSPS) is 18.4. The lowest BCUT2D eigenvalue weighted by atomic mass is 10.4. The van der Waals surface area contributed by atoms with Crippen molar-refractivity contribution in [1.82, 2.24) is 20.4 Å². The zero-order valence-corrected chi connectivity index (χ0v) is 11.6. The number of carbonyl (C=O) groups excluding carboxylic acids is 4. The Balaban J connectivity index is 1.54. The monoisotopic (exact) mass is 298 g/mol. The van der Waals surface area contributed by atoms with Gasteiger partial charge in [0.25, 0.3) is 0 Å². The first-order valence-corrected chi connectivity index (χ1v) is 6.83. The number of imide groups is 2. The summed E-state index contributed by atoms with van der Waals surface area (Å²) in [5, 5.41) is 5.08. The Hall–Kier alpha value is -2.16. The van der Waals surface area contributed by atoms with Crippen LogP contribution in [-0.2, 0) is 14.3 Å². The van der Waals surface area contributed by atoms with E-state index in [1.54, 1.807) is 0 Å². The van der Waals surface area contributed by atoms with Crippen LogP contribution < -0.4 is 10.6 Å². The van der Waals surface area contributed by atoms with Gasteiger partial charge >= 0.3 is 12.1 Å². The fourth-order valence-electron chi connectivity index (χ4n) is 2.12. The molecule has 0 bridgehead atoms. The maximum atomic E-state index is 11.6. The predicted molar refractivity (Wildman–Crippen MR) is 70.3 cm³/mol. The van der Waals surface area contributed by atoms with E-state index in [0.29, 0.717) is 13.1 Å². The molecule has 0 aromatic heterocycles. The molecule has 2 heterocycles. The Morgan fingerprint density at radius 2 is 1.90 bits per heavy atom. The third kappa shape index (κ3) is 3.91. The number of rotatable bonds is 6. The molecule has 0 unspecified atom stereocenters. The zero-order chi connectivity index (χ0) is 15.2. The maximum absolute atomic E-state index is 11.6. The molecule has 0 atom stereocenters.